The maximum Gasteiger partial charge on any atom is 0.336 e. The number of amides is 1. The molecule has 0 saturated carbocycles. The van der Waals surface area contributed by atoms with Crippen molar-refractivity contribution in [3.05, 3.63) is 125 Å². The molecule has 0 spiro atoms. The fourth-order valence-electron chi connectivity index (χ4n) is 5.95. The molecule has 1 aliphatic heterocycles. The molecule has 3 atom stereocenters. The molecular weight excluding hydrogens is 655 g/mol. The van der Waals surface area contributed by atoms with Gasteiger partial charge in [-0.25, -0.2) is 4.79 Å². The minimum Gasteiger partial charge on any atom is -0.481 e. The summed E-state index contributed by atoms with van der Waals surface area (Å²) in [6.45, 7) is 0.352. The fraction of sp³-hybridized carbons (Fsp3) is 0.325. The van der Waals surface area contributed by atoms with E-state index in [2.05, 4.69) is 5.32 Å². The summed E-state index contributed by atoms with van der Waals surface area (Å²) in [7, 11) is 0. The fourth-order valence-corrected chi connectivity index (χ4v) is 7.01. The number of aliphatic hydroxyl groups excluding tert-OH is 1. The van der Waals surface area contributed by atoms with Crippen molar-refractivity contribution in [2.24, 2.45) is 0 Å². The molecule has 4 aromatic rings. The van der Waals surface area contributed by atoms with Crippen LogP contribution < -0.4 is 5.32 Å². The highest BCUT2D eigenvalue weighted by Crippen LogP contribution is 2.40. The quantitative estimate of drug-likeness (QED) is 0.0639. The number of unbranched alkanes of at least 4 members (excludes halogenated alkanes) is 3. The van der Waals surface area contributed by atoms with Crippen molar-refractivity contribution in [1.82, 2.24) is 5.32 Å². The molecule has 10 heteroatoms. The van der Waals surface area contributed by atoms with E-state index >= 15 is 0 Å². The highest BCUT2D eigenvalue weighted by molar-refractivity contribution is 7.99. The average molecular weight is 698 g/mol. The van der Waals surface area contributed by atoms with Crippen LogP contribution in [-0.2, 0) is 32.2 Å². The van der Waals surface area contributed by atoms with Crippen LogP contribution in [0.5, 0.6) is 0 Å². The molecule has 0 bridgehead atoms. The molecular formula is C40H43NO8S. The number of hydrogen-bond acceptors (Lipinski definition) is 7. The number of aromatic carboxylic acids is 1. The molecule has 0 aliphatic carbocycles. The lowest BCUT2D eigenvalue weighted by atomic mass is 9.97. The molecule has 1 heterocycles. The zero-order valence-corrected chi connectivity index (χ0v) is 28.6. The maximum atomic E-state index is 12.5. The van der Waals surface area contributed by atoms with Gasteiger partial charge in [0.15, 0.2) is 6.29 Å². The second-order valence-corrected chi connectivity index (χ2v) is 13.4. The number of rotatable bonds is 17. The molecule has 9 nitrogen and oxygen atoms in total. The van der Waals surface area contributed by atoms with Gasteiger partial charge in [0, 0.05) is 42.0 Å². The topological polar surface area (TPSA) is 142 Å². The normalized spacial score (nSPS) is 17.3. The van der Waals surface area contributed by atoms with Crippen LogP contribution >= 0.6 is 11.8 Å². The van der Waals surface area contributed by atoms with Crippen molar-refractivity contribution in [3.8, 4) is 11.1 Å². The van der Waals surface area contributed by atoms with Gasteiger partial charge in [0.05, 0.1) is 24.4 Å². The zero-order chi connectivity index (χ0) is 35.3. The van der Waals surface area contributed by atoms with Crippen molar-refractivity contribution < 1.29 is 39.2 Å². The van der Waals surface area contributed by atoms with E-state index in [-0.39, 0.29) is 36.7 Å². The number of aliphatic carboxylic acids is 1. The van der Waals surface area contributed by atoms with Crippen LogP contribution in [0.3, 0.4) is 0 Å². The lowest BCUT2D eigenvalue weighted by Crippen LogP contribution is -2.31. The van der Waals surface area contributed by atoms with Crippen LogP contribution in [0, 0.1) is 0 Å². The zero-order valence-electron chi connectivity index (χ0n) is 27.8. The number of carboxylic acids is 2. The second kappa shape index (κ2) is 18.5. The van der Waals surface area contributed by atoms with E-state index in [1.807, 2.05) is 84.9 Å². The Kier molecular flexibility index (Phi) is 13.6. The minimum absolute atomic E-state index is 0.0281. The standard InChI is InChI=1S/C40H43NO8S/c42-25-27-15-17-29(18-16-27)35-23-32(26-50-36-12-8-7-11-34(36)39(46)47)48-40(49-35)30-21-19-28(20-22-30)33-10-6-5-9-31(33)24-41-37(43)13-3-1-2-4-14-38(44)45/h5-12,15-22,32,35,40,42H,1-4,13-14,23-26H2,(H,41,43)(H,44,45)(H,46,47)/t32-,35+,40+/m1/s1. The summed E-state index contributed by atoms with van der Waals surface area (Å²) in [5.41, 5.74) is 5.88. The van der Waals surface area contributed by atoms with Gasteiger partial charge in [-0.3, -0.25) is 9.59 Å². The number of carbonyl (C=O) groups is 3. The molecule has 0 radical (unpaired) electrons. The molecule has 50 heavy (non-hydrogen) atoms. The number of carbonyl (C=O) groups excluding carboxylic acids is 1. The Morgan fingerprint density at radius 1 is 0.760 bits per heavy atom. The lowest BCUT2D eigenvalue weighted by Gasteiger charge is -2.36. The summed E-state index contributed by atoms with van der Waals surface area (Å²) in [6, 6.07) is 30.6. The van der Waals surface area contributed by atoms with Gasteiger partial charge >= 0.3 is 11.9 Å². The minimum atomic E-state index is -0.966. The molecule has 0 aromatic heterocycles. The van der Waals surface area contributed by atoms with Gasteiger partial charge in [-0.1, -0.05) is 97.8 Å². The summed E-state index contributed by atoms with van der Waals surface area (Å²) >= 11 is 1.45. The van der Waals surface area contributed by atoms with Crippen molar-refractivity contribution in [2.45, 2.75) is 81.5 Å². The Bertz CT molecular complexity index is 1730. The molecule has 4 N–H and O–H groups in total. The predicted octanol–water partition coefficient (Wildman–Crippen LogP) is 7.92. The first-order chi connectivity index (χ1) is 24.3. The van der Waals surface area contributed by atoms with Gasteiger partial charge < -0.3 is 30.1 Å². The Labute approximate surface area is 296 Å². The van der Waals surface area contributed by atoms with Gasteiger partial charge in [-0.05, 0) is 52.8 Å². The van der Waals surface area contributed by atoms with Crippen molar-refractivity contribution in [2.75, 3.05) is 5.75 Å². The highest BCUT2D eigenvalue weighted by atomic mass is 32.2. The van der Waals surface area contributed by atoms with E-state index in [1.165, 1.54) is 11.8 Å². The SMILES string of the molecule is O=C(O)CCCCCCC(=O)NCc1ccccc1-c1ccc([C@H]2O[C@@H](CSc3ccccc3C(=O)O)C[C@@H](c3ccc(CO)cc3)O2)cc1. The number of thioether (sulfide) groups is 1. The average Bonchev–Trinajstić information content (AvgIpc) is 3.14. The van der Waals surface area contributed by atoms with Crippen LogP contribution in [0.2, 0.25) is 0 Å². The Balaban J connectivity index is 1.25. The molecule has 262 valence electrons. The Hall–Kier alpha value is -4.48. The van der Waals surface area contributed by atoms with E-state index in [0.29, 0.717) is 36.5 Å². The monoisotopic (exact) mass is 697 g/mol. The smallest absolute Gasteiger partial charge is 0.336 e. The van der Waals surface area contributed by atoms with Gasteiger partial charge in [0.25, 0.3) is 0 Å². The predicted molar refractivity (Wildman–Crippen MR) is 192 cm³/mol. The first kappa shape index (κ1) is 36.8. The Morgan fingerprint density at radius 3 is 2.16 bits per heavy atom. The van der Waals surface area contributed by atoms with Gasteiger partial charge in [-0.2, -0.15) is 0 Å². The van der Waals surface area contributed by atoms with Gasteiger partial charge in [-0.15, -0.1) is 11.8 Å². The molecule has 5 rings (SSSR count). The second-order valence-electron chi connectivity index (χ2n) is 12.3. The first-order valence-electron chi connectivity index (χ1n) is 16.9. The molecule has 1 aliphatic rings. The number of hydrogen-bond donors (Lipinski definition) is 4. The van der Waals surface area contributed by atoms with E-state index in [9.17, 15) is 24.6 Å². The summed E-state index contributed by atoms with van der Waals surface area (Å²) in [5, 5.41) is 31.0. The van der Waals surface area contributed by atoms with Crippen molar-refractivity contribution in [3.63, 3.8) is 0 Å². The van der Waals surface area contributed by atoms with Crippen LogP contribution in [-0.4, -0.2) is 45.0 Å². The van der Waals surface area contributed by atoms with Crippen molar-refractivity contribution in [1.29, 1.82) is 0 Å². The van der Waals surface area contributed by atoms with Crippen LogP contribution in [0.1, 0.15) is 90.0 Å². The van der Waals surface area contributed by atoms with Crippen LogP contribution in [0.25, 0.3) is 11.1 Å². The first-order valence-corrected chi connectivity index (χ1v) is 17.9. The summed E-state index contributed by atoms with van der Waals surface area (Å²) in [6.07, 6.45) is 2.99. The largest absolute Gasteiger partial charge is 0.481 e. The molecule has 1 saturated heterocycles. The van der Waals surface area contributed by atoms with E-state index in [0.717, 1.165) is 52.6 Å². The van der Waals surface area contributed by atoms with E-state index in [1.54, 1.807) is 12.1 Å². The van der Waals surface area contributed by atoms with Gasteiger partial charge in [0.2, 0.25) is 5.91 Å². The third kappa shape index (κ3) is 10.5. The van der Waals surface area contributed by atoms with Crippen LogP contribution in [0.4, 0.5) is 0 Å². The van der Waals surface area contributed by atoms with E-state index < -0.39 is 18.2 Å². The molecule has 0 unspecified atom stereocenters. The van der Waals surface area contributed by atoms with Crippen molar-refractivity contribution >= 4 is 29.6 Å². The summed E-state index contributed by atoms with van der Waals surface area (Å²) < 4.78 is 13.0. The molecule has 4 aromatic carbocycles. The maximum absolute atomic E-state index is 12.5. The molecule has 1 amide bonds. The third-order valence-electron chi connectivity index (χ3n) is 8.69. The number of benzene rings is 4. The Morgan fingerprint density at radius 2 is 1.44 bits per heavy atom. The number of ether oxygens (including phenoxy) is 2. The number of aliphatic hydroxyl groups is 1. The van der Waals surface area contributed by atoms with E-state index in [4.69, 9.17) is 14.6 Å². The van der Waals surface area contributed by atoms with Gasteiger partial charge in [0.1, 0.15) is 0 Å². The summed E-state index contributed by atoms with van der Waals surface area (Å²) in [4.78, 5) is 35.6. The third-order valence-corrected chi connectivity index (χ3v) is 9.89. The lowest BCUT2D eigenvalue weighted by molar-refractivity contribution is -0.245. The number of nitrogens with one attached hydrogen (secondary N) is 1. The number of carboxylic acid groups (broad SMARTS) is 2. The van der Waals surface area contributed by atoms with Crippen LogP contribution in [0.15, 0.2) is 102 Å². The molecule has 1 fully saturated rings. The highest BCUT2D eigenvalue weighted by Gasteiger charge is 2.32. The summed E-state index contributed by atoms with van der Waals surface area (Å²) in [5.74, 6) is -1.24.